The van der Waals surface area contributed by atoms with E-state index in [9.17, 15) is 0 Å². The van der Waals surface area contributed by atoms with Gasteiger partial charge in [0.15, 0.2) is 17.3 Å². The summed E-state index contributed by atoms with van der Waals surface area (Å²) >= 11 is 0. The summed E-state index contributed by atoms with van der Waals surface area (Å²) in [5, 5.41) is 4.70. The standard InChI is InChI=1S/C16H17N3O2/c1-2-3-4-15-17-16(11-5-6-11)18-19(15)12-7-8-13-14(9-12)21-10-20-13/h2,7-9,11H,1,3-6,10H2. The lowest BCUT2D eigenvalue weighted by Gasteiger charge is -2.06. The average Bonchev–Trinajstić information content (AvgIpc) is 3.11. The van der Waals surface area contributed by atoms with E-state index in [0.29, 0.717) is 5.92 Å². The number of hydrogen-bond donors (Lipinski definition) is 0. The van der Waals surface area contributed by atoms with E-state index >= 15 is 0 Å². The highest BCUT2D eigenvalue weighted by molar-refractivity contribution is 5.50. The van der Waals surface area contributed by atoms with Crippen LogP contribution in [0.5, 0.6) is 11.5 Å². The molecule has 21 heavy (non-hydrogen) atoms. The zero-order valence-corrected chi connectivity index (χ0v) is 11.8. The Hall–Kier alpha value is -2.30. The molecule has 2 aromatic rings. The van der Waals surface area contributed by atoms with Crippen LogP contribution in [0.1, 0.15) is 36.8 Å². The molecule has 0 unspecified atom stereocenters. The molecule has 1 aromatic heterocycles. The molecule has 5 heteroatoms. The maximum Gasteiger partial charge on any atom is 0.231 e. The summed E-state index contributed by atoms with van der Waals surface area (Å²) in [4.78, 5) is 4.71. The van der Waals surface area contributed by atoms with Gasteiger partial charge in [-0.1, -0.05) is 6.08 Å². The topological polar surface area (TPSA) is 49.2 Å². The molecule has 0 amide bonds. The first-order chi connectivity index (χ1) is 10.3. The van der Waals surface area contributed by atoms with Gasteiger partial charge >= 0.3 is 0 Å². The summed E-state index contributed by atoms with van der Waals surface area (Å²) in [5.74, 6) is 4.05. The summed E-state index contributed by atoms with van der Waals surface area (Å²) in [6, 6.07) is 5.88. The van der Waals surface area contributed by atoms with Crippen LogP contribution in [0.4, 0.5) is 0 Å². The van der Waals surface area contributed by atoms with Crippen molar-refractivity contribution in [3.8, 4) is 17.2 Å². The maximum atomic E-state index is 5.45. The Morgan fingerprint density at radius 2 is 2.14 bits per heavy atom. The fraction of sp³-hybridized carbons (Fsp3) is 0.375. The Bertz CT molecular complexity index is 689. The Morgan fingerprint density at radius 1 is 1.29 bits per heavy atom. The van der Waals surface area contributed by atoms with Crippen LogP contribution in [0.15, 0.2) is 30.9 Å². The van der Waals surface area contributed by atoms with Crippen molar-refractivity contribution < 1.29 is 9.47 Å². The molecule has 108 valence electrons. The third-order valence-electron chi connectivity index (χ3n) is 3.81. The summed E-state index contributed by atoms with van der Waals surface area (Å²) < 4.78 is 12.7. The number of allylic oxidation sites excluding steroid dienone is 1. The lowest BCUT2D eigenvalue weighted by molar-refractivity contribution is 0.174. The molecule has 0 bridgehead atoms. The number of hydrogen-bond acceptors (Lipinski definition) is 4. The Kier molecular flexibility index (Phi) is 2.91. The SMILES string of the molecule is C=CCCc1nc(C2CC2)nn1-c1ccc2c(c1)OCO2. The van der Waals surface area contributed by atoms with Gasteiger partial charge < -0.3 is 9.47 Å². The van der Waals surface area contributed by atoms with Gasteiger partial charge in [0.25, 0.3) is 0 Å². The predicted molar refractivity (Wildman–Crippen MR) is 78.0 cm³/mol. The van der Waals surface area contributed by atoms with Gasteiger partial charge in [-0.2, -0.15) is 5.10 Å². The number of benzene rings is 1. The molecule has 2 heterocycles. The van der Waals surface area contributed by atoms with Gasteiger partial charge in [0.1, 0.15) is 5.82 Å². The molecular weight excluding hydrogens is 266 g/mol. The maximum absolute atomic E-state index is 5.45. The summed E-state index contributed by atoms with van der Waals surface area (Å²) in [7, 11) is 0. The van der Waals surface area contributed by atoms with Crippen LogP contribution in [0.2, 0.25) is 0 Å². The van der Waals surface area contributed by atoms with Gasteiger partial charge in [-0.15, -0.1) is 6.58 Å². The molecule has 0 atom stereocenters. The first-order valence-electron chi connectivity index (χ1n) is 7.32. The van der Waals surface area contributed by atoms with E-state index in [-0.39, 0.29) is 6.79 Å². The normalized spacial score (nSPS) is 16.2. The zero-order valence-electron chi connectivity index (χ0n) is 11.8. The van der Waals surface area contributed by atoms with E-state index in [0.717, 1.165) is 41.7 Å². The third-order valence-corrected chi connectivity index (χ3v) is 3.81. The molecule has 0 saturated heterocycles. The number of ether oxygens (including phenoxy) is 2. The van der Waals surface area contributed by atoms with Crippen molar-refractivity contribution in [2.45, 2.75) is 31.6 Å². The molecule has 1 aliphatic carbocycles. The minimum atomic E-state index is 0.285. The molecule has 1 aliphatic heterocycles. The zero-order chi connectivity index (χ0) is 14.2. The molecule has 0 radical (unpaired) electrons. The molecule has 0 spiro atoms. The van der Waals surface area contributed by atoms with Crippen molar-refractivity contribution in [3.63, 3.8) is 0 Å². The van der Waals surface area contributed by atoms with Gasteiger partial charge in [0, 0.05) is 18.4 Å². The Morgan fingerprint density at radius 3 is 2.95 bits per heavy atom. The molecule has 1 saturated carbocycles. The largest absolute Gasteiger partial charge is 0.454 e. The summed E-state index contributed by atoms with van der Waals surface area (Å²) in [5.41, 5.74) is 0.970. The van der Waals surface area contributed by atoms with Crippen LogP contribution in [0, 0.1) is 0 Å². The minimum absolute atomic E-state index is 0.285. The first kappa shape index (κ1) is 12.4. The second kappa shape index (κ2) is 4.91. The molecule has 1 aromatic carbocycles. The van der Waals surface area contributed by atoms with Gasteiger partial charge in [-0.05, 0) is 31.4 Å². The van der Waals surface area contributed by atoms with Crippen molar-refractivity contribution >= 4 is 0 Å². The van der Waals surface area contributed by atoms with Crippen LogP contribution in [-0.2, 0) is 6.42 Å². The molecule has 2 aliphatic rings. The number of fused-ring (bicyclic) bond motifs is 1. The fourth-order valence-corrected chi connectivity index (χ4v) is 2.49. The van der Waals surface area contributed by atoms with Crippen LogP contribution in [0.25, 0.3) is 5.69 Å². The van der Waals surface area contributed by atoms with Gasteiger partial charge in [-0.3, -0.25) is 0 Å². The molecular formula is C16H17N3O2. The number of aromatic nitrogens is 3. The molecule has 1 fully saturated rings. The lowest BCUT2D eigenvalue weighted by atomic mass is 10.2. The second-order valence-corrected chi connectivity index (χ2v) is 5.44. The fourth-order valence-electron chi connectivity index (χ4n) is 2.49. The van der Waals surface area contributed by atoms with Crippen LogP contribution < -0.4 is 9.47 Å². The number of aryl methyl sites for hydroxylation is 1. The quantitative estimate of drug-likeness (QED) is 0.791. The van der Waals surface area contributed by atoms with Crippen molar-refractivity contribution in [2.75, 3.05) is 6.79 Å². The lowest BCUT2D eigenvalue weighted by Crippen LogP contribution is -2.03. The van der Waals surface area contributed by atoms with Crippen LogP contribution >= 0.6 is 0 Å². The number of nitrogens with zero attached hydrogens (tertiary/aromatic N) is 3. The van der Waals surface area contributed by atoms with Crippen molar-refractivity contribution in [1.29, 1.82) is 0 Å². The van der Waals surface area contributed by atoms with Crippen LogP contribution in [-0.4, -0.2) is 21.6 Å². The Balaban J connectivity index is 1.73. The number of rotatable bonds is 5. The monoisotopic (exact) mass is 283 g/mol. The highest BCUT2D eigenvalue weighted by Gasteiger charge is 2.29. The summed E-state index contributed by atoms with van der Waals surface area (Å²) in [6.45, 7) is 4.07. The smallest absolute Gasteiger partial charge is 0.231 e. The summed E-state index contributed by atoms with van der Waals surface area (Å²) in [6.07, 6.45) is 6.05. The third kappa shape index (κ3) is 2.28. The van der Waals surface area contributed by atoms with E-state index in [4.69, 9.17) is 19.6 Å². The average molecular weight is 283 g/mol. The van der Waals surface area contributed by atoms with Crippen molar-refractivity contribution in [1.82, 2.24) is 14.8 Å². The van der Waals surface area contributed by atoms with E-state index in [1.807, 2.05) is 29.0 Å². The molecule has 4 rings (SSSR count). The minimum Gasteiger partial charge on any atom is -0.454 e. The molecule has 5 nitrogen and oxygen atoms in total. The predicted octanol–water partition coefficient (Wildman–Crippen LogP) is 2.99. The van der Waals surface area contributed by atoms with Gasteiger partial charge in [0.05, 0.1) is 5.69 Å². The van der Waals surface area contributed by atoms with E-state index in [2.05, 4.69) is 6.58 Å². The van der Waals surface area contributed by atoms with Gasteiger partial charge in [0.2, 0.25) is 6.79 Å². The highest BCUT2D eigenvalue weighted by Crippen LogP contribution is 2.39. The van der Waals surface area contributed by atoms with E-state index in [1.165, 1.54) is 12.8 Å². The second-order valence-electron chi connectivity index (χ2n) is 5.44. The highest BCUT2D eigenvalue weighted by atomic mass is 16.7. The van der Waals surface area contributed by atoms with E-state index < -0.39 is 0 Å². The van der Waals surface area contributed by atoms with Crippen molar-refractivity contribution in [3.05, 3.63) is 42.5 Å². The van der Waals surface area contributed by atoms with Crippen molar-refractivity contribution in [2.24, 2.45) is 0 Å². The molecule has 0 N–H and O–H groups in total. The Labute approximate surface area is 123 Å². The van der Waals surface area contributed by atoms with E-state index in [1.54, 1.807) is 0 Å². The van der Waals surface area contributed by atoms with Crippen LogP contribution in [0.3, 0.4) is 0 Å². The first-order valence-corrected chi connectivity index (χ1v) is 7.32. The van der Waals surface area contributed by atoms with Gasteiger partial charge in [-0.25, -0.2) is 9.67 Å².